The minimum atomic E-state index is 0.636. The Morgan fingerprint density at radius 2 is 2.12 bits per heavy atom. The molecule has 0 spiro atoms. The lowest BCUT2D eigenvalue weighted by Gasteiger charge is -2.26. The Morgan fingerprint density at radius 1 is 1.38 bits per heavy atom. The smallest absolute Gasteiger partial charge is 0.0414 e. The van der Waals surface area contributed by atoms with Gasteiger partial charge >= 0.3 is 0 Å². The van der Waals surface area contributed by atoms with E-state index in [0.29, 0.717) is 6.54 Å². The summed E-state index contributed by atoms with van der Waals surface area (Å²) in [4.78, 5) is 2.48. The van der Waals surface area contributed by atoms with Crippen molar-refractivity contribution >= 4 is 5.69 Å². The van der Waals surface area contributed by atoms with Crippen LogP contribution in [0, 0.1) is 12.8 Å². The van der Waals surface area contributed by atoms with Crippen LogP contribution < -0.4 is 10.6 Å². The van der Waals surface area contributed by atoms with Crippen LogP contribution in [-0.2, 0) is 6.54 Å². The first-order valence-electron chi connectivity index (χ1n) is 6.29. The van der Waals surface area contributed by atoms with Crippen LogP contribution in [0.15, 0.2) is 18.2 Å². The topological polar surface area (TPSA) is 29.3 Å². The van der Waals surface area contributed by atoms with Gasteiger partial charge in [0.2, 0.25) is 0 Å². The number of hydrogen-bond acceptors (Lipinski definition) is 2. The van der Waals surface area contributed by atoms with Gasteiger partial charge in [-0.25, -0.2) is 0 Å². The number of anilines is 1. The second-order valence-corrected chi connectivity index (χ2v) is 4.82. The molecule has 2 nitrogen and oxygen atoms in total. The van der Waals surface area contributed by atoms with E-state index in [1.807, 2.05) is 0 Å². The highest BCUT2D eigenvalue weighted by Gasteiger charge is 2.24. The second-order valence-electron chi connectivity index (χ2n) is 4.82. The van der Waals surface area contributed by atoms with Gasteiger partial charge in [0.25, 0.3) is 0 Å². The summed E-state index contributed by atoms with van der Waals surface area (Å²) in [5.41, 5.74) is 9.75. The van der Waals surface area contributed by atoms with Gasteiger partial charge in [-0.05, 0) is 49.8 Å². The minimum absolute atomic E-state index is 0.636. The van der Waals surface area contributed by atoms with E-state index >= 15 is 0 Å². The quantitative estimate of drug-likeness (QED) is 0.823. The van der Waals surface area contributed by atoms with Gasteiger partial charge in [0.1, 0.15) is 0 Å². The van der Waals surface area contributed by atoms with Gasteiger partial charge in [0, 0.05) is 25.3 Å². The van der Waals surface area contributed by atoms with E-state index in [9.17, 15) is 0 Å². The molecular formula is C14H22N2. The fourth-order valence-corrected chi connectivity index (χ4v) is 2.15. The SMILES string of the molecule is CCN(CC1CC1)c1cc(C)ccc1CN. The molecule has 1 aliphatic rings. The summed E-state index contributed by atoms with van der Waals surface area (Å²) < 4.78 is 0. The number of rotatable bonds is 5. The lowest BCUT2D eigenvalue weighted by atomic mass is 10.1. The molecule has 2 heteroatoms. The van der Waals surface area contributed by atoms with E-state index in [4.69, 9.17) is 5.73 Å². The molecule has 0 atom stereocenters. The molecule has 0 aromatic heterocycles. The Hall–Kier alpha value is -1.02. The predicted octanol–water partition coefficient (Wildman–Crippen LogP) is 2.69. The van der Waals surface area contributed by atoms with E-state index in [1.165, 1.54) is 36.2 Å². The van der Waals surface area contributed by atoms with Crippen LogP contribution in [0.1, 0.15) is 30.9 Å². The Bertz CT molecular complexity index is 356. The van der Waals surface area contributed by atoms with Crippen molar-refractivity contribution in [3.8, 4) is 0 Å². The molecule has 0 amide bonds. The Morgan fingerprint density at radius 3 is 2.69 bits per heavy atom. The average molecular weight is 218 g/mol. The van der Waals surface area contributed by atoms with E-state index in [0.717, 1.165) is 12.5 Å². The zero-order valence-corrected chi connectivity index (χ0v) is 10.4. The monoisotopic (exact) mass is 218 g/mol. The van der Waals surface area contributed by atoms with Gasteiger partial charge in [0.05, 0.1) is 0 Å². The van der Waals surface area contributed by atoms with Crippen LogP contribution in [0.3, 0.4) is 0 Å². The molecule has 1 aromatic carbocycles. The Kier molecular flexibility index (Phi) is 3.49. The van der Waals surface area contributed by atoms with Gasteiger partial charge < -0.3 is 10.6 Å². The summed E-state index contributed by atoms with van der Waals surface area (Å²) >= 11 is 0. The summed E-state index contributed by atoms with van der Waals surface area (Å²) in [7, 11) is 0. The first-order valence-corrected chi connectivity index (χ1v) is 6.29. The maximum atomic E-state index is 5.81. The normalized spacial score (nSPS) is 15.2. The molecule has 1 aliphatic carbocycles. The molecule has 2 rings (SSSR count). The lowest BCUT2D eigenvalue weighted by molar-refractivity contribution is 0.737. The summed E-state index contributed by atoms with van der Waals surface area (Å²) in [6, 6.07) is 6.59. The molecule has 16 heavy (non-hydrogen) atoms. The van der Waals surface area contributed by atoms with Crippen molar-refractivity contribution in [2.45, 2.75) is 33.2 Å². The van der Waals surface area contributed by atoms with Crippen LogP contribution in [0.4, 0.5) is 5.69 Å². The Balaban J connectivity index is 2.23. The molecule has 0 unspecified atom stereocenters. The highest BCUT2D eigenvalue weighted by Crippen LogP contribution is 2.32. The molecule has 88 valence electrons. The molecule has 0 saturated heterocycles. The summed E-state index contributed by atoms with van der Waals surface area (Å²) in [6.07, 6.45) is 2.81. The first-order chi connectivity index (χ1) is 7.74. The number of benzene rings is 1. The lowest BCUT2D eigenvalue weighted by Crippen LogP contribution is -2.26. The molecule has 0 bridgehead atoms. The maximum Gasteiger partial charge on any atom is 0.0414 e. The summed E-state index contributed by atoms with van der Waals surface area (Å²) in [5.74, 6) is 0.922. The molecule has 0 radical (unpaired) electrons. The number of aryl methyl sites for hydroxylation is 1. The van der Waals surface area contributed by atoms with Gasteiger partial charge in [-0.3, -0.25) is 0 Å². The third-order valence-electron chi connectivity index (χ3n) is 3.36. The van der Waals surface area contributed by atoms with Crippen molar-refractivity contribution in [2.75, 3.05) is 18.0 Å². The largest absolute Gasteiger partial charge is 0.371 e. The van der Waals surface area contributed by atoms with Crippen LogP contribution in [-0.4, -0.2) is 13.1 Å². The predicted molar refractivity (Wildman–Crippen MR) is 69.7 cm³/mol. The van der Waals surface area contributed by atoms with Crippen molar-refractivity contribution in [3.63, 3.8) is 0 Å². The van der Waals surface area contributed by atoms with Crippen molar-refractivity contribution in [1.82, 2.24) is 0 Å². The van der Waals surface area contributed by atoms with Crippen LogP contribution in [0.2, 0.25) is 0 Å². The average Bonchev–Trinajstić information content (AvgIpc) is 3.09. The third-order valence-corrected chi connectivity index (χ3v) is 3.36. The van der Waals surface area contributed by atoms with Crippen molar-refractivity contribution in [3.05, 3.63) is 29.3 Å². The number of nitrogens with two attached hydrogens (primary N) is 1. The molecule has 0 heterocycles. The van der Waals surface area contributed by atoms with Crippen molar-refractivity contribution in [1.29, 1.82) is 0 Å². The van der Waals surface area contributed by atoms with Crippen LogP contribution in [0.5, 0.6) is 0 Å². The van der Waals surface area contributed by atoms with Crippen LogP contribution in [0.25, 0.3) is 0 Å². The van der Waals surface area contributed by atoms with Crippen LogP contribution >= 0.6 is 0 Å². The van der Waals surface area contributed by atoms with Crippen molar-refractivity contribution in [2.24, 2.45) is 11.7 Å². The summed E-state index contributed by atoms with van der Waals surface area (Å²) in [6.45, 7) is 7.29. The van der Waals surface area contributed by atoms with E-state index in [1.54, 1.807) is 0 Å². The van der Waals surface area contributed by atoms with Crippen molar-refractivity contribution < 1.29 is 0 Å². The fraction of sp³-hybridized carbons (Fsp3) is 0.571. The minimum Gasteiger partial charge on any atom is -0.371 e. The first kappa shape index (κ1) is 11.5. The number of hydrogen-bond donors (Lipinski definition) is 1. The van der Waals surface area contributed by atoms with Gasteiger partial charge in [-0.15, -0.1) is 0 Å². The Labute approximate surface area is 98.4 Å². The van der Waals surface area contributed by atoms with E-state index in [-0.39, 0.29) is 0 Å². The fourth-order valence-electron chi connectivity index (χ4n) is 2.15. The summed E-state index contributed by atoms with van der Waals surface area (Å²) in [5, 5.41) is 0. The molecule has 2 N–H and O–H groups in total. The van der Waals surface area contributed by atoms with E-state index in [2.05, 4.69) is 36.9 Å². The molecule has 0 aliphatic heterocycles. The van der Waals surface area contributed by atoms with Gasteiger partial charge in [0.15, 0.2) is 0 Å². The van der Waals surface area contributed by atoms with E-state index < -0.39 is 0 Å². The highest BCUT2D eigenvalue weighted by molar-refractivity contribution is 5.55. The molecular weight excluding hydrogens is 196 g/mol. The molecule has 1 aromatic rings. The zero-order chi connectivity index (χ0) is 11.5. The highest BCUT2D eigenvalue weighted by atomic mass is 15.1. The van der Waals surface area contributed by atoms with Gasteiger partial charge in [-0.1, -0.05) is 12.1 Å². The second kappa shape index (κ2) is 4.88. The van der Waals surface area contributed by atoms with Gasteiger partial charge in [-0.2, -0.15) is 0 Å². The molecule has 1 saturated carbocycles. The third kappa shape index (κ3) is 2.56. The molecule has 1 fully saturated rings. The maximum absolute atomic E-state index is 5.81. The number of nitrogens with zero attached hydrogens (tertiary/aromatic N) is 1. The standard InChI is InChI=1S/C14H22N2/c1-3-16(10-12-5-6-12)14-8-11(2)4-7-13(14)9-15/h4,7-8,12H,3,5-6,9-10,15H2,1-2H3. The zero-order valence-electron chi connectivity index (χ0n) is 10.4.